The predicted octanol–water partition coefficient (Wildman–Crippen LogP) is 3.16. The van der Waals surface area contributed by atoms with Gasteiger partial charge >= 0.3 is 5.51 Å². The molecule has 20 heavy (non-hydrogen) atoms. The van der Waals surface area contributed by atoms with Crippen molar-refractivity contribution in [2.24, 2.45) is 0 Å². The lowest BCUT2D eigenvalue weighted by atomic mass is 10.2. The van der Waals surface area contributed by atoms with Crippen LogP contribution in [0.4, 0.5) is 24.9 Å². The zero-order chi connectivity index (χ0) is 15.3. The highest BCUT2D eigenvalue weighted by Gasteiger charge is 2.32. The number of alkyl halides is 3. The van der Waals surface area contributed by atoms with Crippen LogP contribution in [0.15, 0.2) is 4.90 Å². The maximum absolute atomic E-state index is 12.3. The van der Waals surface area contributed by atoms with Crippen LogP contribution in [-0.2, 0) is 4.74 Å². The number of ether oxygens (including phenoxy) is 1. The van der Waals surface area contributed by atoms with E-state index >= 15 is 0 Å². The van der Waals surface area contributed by atoms with Crippen LogP contribution in [0.25, 0.3) is 0 Å². The molecule has 1 aromatic heterocycles. The molecule has 0 aromatic carbocycles. The Hall–Kier alpha value is -0.930. The van der Waals surface area contributed by atoms with Gasteiger partial charge in [-0.1, -0.05) is 11.6 Å². The second kappa shape index (κ2) is 7.19. The molecule has 0 fully saturated rings. The largest absolute Gasteiger partial charge is 0.446 e. The van der Waals surface area contributed by atoms with E-state index in [0.717, 1.165) is 0 Å². The van der Waals surface area contributed by atoms with Crippen LogP contribution in [0.2, 0.25) is 5.15 Å². The van der Waals surface area contributed by atoms with E-state index in [9.17, 15) is 13.2 Å². The van der Waals surface area contributed by atoms with Crippen LogP contribution in [0, 0.1) is 0 Å². The van der Waals surface area contributed by atoms with Crippen LogP contribution in [0.1, 0.15) is 13.3 Å². The van der Waals surface area contributed by atoms with Crippen LogP contribution in [0.5, 0.6) is 0 Å². The van der Waals surface area contributed by atoms with Crippen molar-refractivity contribution in [2.45, 2.75) is 29.8 Å². The predicted molar refractivity (Wildman–Crippen MR) is 72.9 cm³/mol. The van der Waals surface area contributed by atoms with Gasteiger partial charge in [-0.15, -0.1) is 0 Å². The molecule has 0 spiro atoms. The molecule has 0 bridgehead atoms. The molecule has 0 amide bonds. The molecule has 0 radical (unpaired) electrons. The van der Waals surface area contributed by atoms with Crippen molar-refractivity contribution in [3.8, 4) is 0 Å². The number of thioether (sulfide) groups is 1. The Labute approximate surface area is 123 Å². The third-order valence-electron chi connectivity index (χ3n) is 2.20. The van der Waals surface area contributed by atoms with Crippen molar-refractivity contribution in [3.05, 3.63) is 5.15 Å². The molecular formula is C10H14ClF3N4OS. The molecule has 114 valence electrons. The average Bonchev–Trinajstić information content (AvgIpc) is 2.30. The Bertz CT molecular complexity index is 438. The van der Waals surface area contributed by atoms with Gasteiger partial charge in [-0.05, 0) is 25.1 Å². The summed E-state index contributed by atoms with van der Waals surface area (Å²) in [5.74, 6) is -0.226. The molecule has 1 aromatic rings. The second-order valence-corrected chi connectivity index (χ2v) is 5.36. The van der Waals surface area contributed by atoms with Crippen molar-refractivity contribution in [1.29, 1.82) is 0 Å². The van der Waals surface area contributed by atoms with Gasteiger partial charge in [0, 0.05) is 19.8 Å². The first kappa shape index (κ1) is 17.1. The fourth-order valence-corrected chi connectivity index (χ4v) is 2.11. The summed E-state index contributed by atoms with van der Waals surface area (Å²) in [5.41, 5.74) is 0.986. The maximum Gasteiger partial charge on any atom is 0.446 e. The molecule has 1 heterocycles. The molecule has 3 N–H and O–H groups in total. The van der Waals surface area contributed by atoms with Gasteiger partial charge in [0.2, 0.25) is 5.95 Å². The van der Waals surface area contributed by atoms with Crippen molar-refractivity contribution in [2.75, 3.05) is 24.8 Å². The van der Waals surface area contributed by atoms with Crippen LogP contribution in [0.3, 0.4) is 0 Å². The summed E-state index contributed by atoms with van der Waals surface area (Å²) < 4.78 is 41.9. The van der Waals surface area contributed by atoms with E-state index in [1.807, 2.05) is 6.92 Å². The monoisotopic (exact) mass is 330 g/mol. The van der Waals surface area contributed by atoms with E-state index in [0.29, 0.717) is 13.0 Å². The van der Waals surface area contributed by atoms with Gasteiger partial charge in [0.15, 0.2) is 5.15 Å². The quantitative estimate of drug-likeness (QED) is 0.616. The van der Waals surface area contributed by atoms with Gasteiger partial charge in [-0.25, -0.2) is 0 Å². The molecule has 5 nitrogen and oxygen atoms in total. The Morgan fingerprint density at radius 1 is 1.45 bits per heavy atom. The molecular weight excluding hydrogens is 317 g/mol. The highest BCUT2D eigenvalue weighted by molar-refractivity contribution is 8.00. The van der Waals surface area contributed by atoms with Crippen LogP contribution in [-0.4, -0.2) is 35.2 Å². The molecule has 10 heteroatoms. The van der Waals surface area contributed by atoms with E-state index < -0.39 is 22.2 Å². The van der Waals surface area contributed by atoms with Crippen molar-refractivity contribution < 1.29 is 17.9 Å². The zero-order valence-electron chi connectivity index (χ0n) is 10.8. The van der Waals surface area contributed by atoms with Gasteiger partial charge in [-0.3, -0.25) is 0 Å². The third-order valence-corrected chi connectivity index (χ3v) is 3.42. The lowest BCUT2D eigenvalue weighted by Crippen LogP contribution is -2.19. The minimum absolute atomic E-state index is 0.0356. The average molecular weight is 331 g/mol. The van der Waals surface area contributed by atoms with E-state index in [4.69, 9.17) is 22.1 Å². The number of hydrogen-bond donors (Lipinski definition) is 2. The number of rotatable bonds is 6. The second-order valence-electron chi connectivity index (χ2n) is 3.93. The number of methoxy groups -OCH3 is 1. The lowest BCUT2D eigenvalue weighted by Gasteiger charge is -2.15. The van der Waals surface area contributed by atoms with Crippen LogP contribution >= 0.6 is 23.4 Å². The zero-order valence-corrected chi connectivity index (χ0v) is 12.4. The number of aromatic nitrogens is 2. The topological polar surface area (TPSA) is 73.1 Å². The van der Waals surface area contributed by atoms with E-state index in [1.165, 1.54) is 0 Å². The van der Waals surface area contributed by atoms with Crippen molar-refractivity contribution >= 4 is 35.1 Å². The smallest absolute Gasteiger partial charge is 0.385 e. The van der Waals surface area contributed by atoms with Gasteiger partial charge in [0.1, 0.15) is 5.82 Å². The Morgan fingerprint density at radius 2 is 2.10 bits per heavy atom. The first-order valence-corrected chi connectivity index (χ1v) is 6.76. The number of hydrogen-bond acceptors (Lipinski definition) is 6. The molecule has 0 aliphatic rings. The first-order valence-electron chi connectivity index (χ1n) is 5.57. The van der Waals surface area contributed by atoms with Gasteiger partial charge < -0.3 is 15.8 Å². The lowest BCUT2D eigenvalue weighted by molar-refractivity contribution is -0.0328. The maximum atomic E-state index is 12.3. The van der Waals surface area contributed by atoms with Crippen molar-refractivity contribution in [3.63, 3.8) is 0 Å². The Morgan fingerprint density at radius 3 is 2.60 bits per heavy atom. The molecule has 0 saturated carbocycles. The fourth-order valence-electron chi connectivity index (χ4n) is 1.30. The Balaban J connectivity index is 2.82. The summed E-state index contributed by atoms with van der Waals surface area (Å²) in [5, 5.41) is 2.56. The number of anilines is 2. The minimum Gasteiger partial charge on any atom is -0.385 e. The first-order chi connectivity index (χ1) is 9.23. The van der Waals surface area contributed by atoms with Crippen LogP contribution < -0.4 is 11.1 Å². The summed E-state index contributed by atoms with van der Waals surface area (Å²) in [7, 11) is 1.57. The van der Waals surface area contributed by atoms with Crippen molar-refractivity contribution in [1.82, 2.24) is 9.97 Å². The molecule has 0 saturated heterocycles. The molecule has 0 aliphatic carbocycles. The number of nitrogen functional groups attached to an aromatic ring is 1. The summed E-state index contributed by atoms with van der Waals surface area (Å²) in [6.07, 6.45) is 0.677. The number of nitrogens with zero attached hydrogens (tertiary/aromatic N) is 2. The highest BCUT2D eigenvalue weighted by Crippen LogP contribution is 2.42. The third kappa shape index (κ3) is 5.59. The highest BCUT2D eigenvalue weighted by atomic mass is 35.5. The van der Waals surface area contributed by atoms with Gasteiger partial charge in [-0.2, -0.15) is 23.1 Å². The molecule has 1 atom stereocenters. The molecule has 1 unspecified atom stereocenters. The van der Waals surface area contributed by atoms with Gasteiger partial charge in [0.25, 0.3) is 0 Å². The number of halogens is 4. The summed E-state index contributed by atoms with van der Waals surface area (Å²) in [4.78, 5) is 7.15. The fraction of sp³-hybridized carbons (Fsp3) is 0.600. The van der Waals surface area contributed by atoms with E-state index in [-0.39, 0.29) is 23.0 Å². The number of nitrogens with one attached hydrogen (secondary N) is 1. The minimum atomic E-state index is -4.50. The summed E-state index contributed by atoms with van der Waals surface area (Å²) >= 11 is 5.28. The summed E-state index contributed by atoms with van der Waals surface area (Å²) in [6.45, 7) is 2.38. The SMILES string of the molecule is COCCC(C)Nc1nc(N)c(SC(F)(F)F)c(Cl)n1. The van der Waals surface area contributed by atoms with E-state index in [2.05, 4.69) is 15.3 Å². The van der Waals surface area contributed by atoms with Gasteiger partial charge in [0.05, 0.1) is 4.90 Å². The normalized spacial score (nSPS) is 13.3. The molecule has 0 aliphatic heterocycles. The summed E-state index contributed by atoms with van der Waals surface area (Å²) in [6, 6.07) is -0.0356. The Kier molecular flexibility index (Phi) is 6.15. The number of nitrogens with two attached hydrogens (primary N) is 1. The molecule has 1 rings (SSSR count). The standard InChI is InChI=1S/C10H14ClF3N4OS/c1-5(3-4-19-2)16-9-17-7(11)6(8(15)18-9)20-10(12,13)14/h5H,3-4H2,1-2H3,(H3,15,16,17,18). The van der Waals surface area contributed by atoms with E-state index in [1.54, 1.807) is 7.11 Å².